The number of rotatable bonds is 5. The van der Waals surface area contributed by atoms with Crippen LogP contribution in [0.3, 0.4) is 0 Å². The number of benzene rings is 1. The summed E-state index contributed by atoms with van der Waals surface area (Å²) in [6, 6.07) is 5.71. The van der Waals surface area contributed by atoms with Gasteiger partial charge in [-0.15, -0.1) is 0 Å². The van der Waals surface area contributed by atoms with Crippen LogP contribution >= 0.6 is 0 Å². The van der Waals surface area contributed by atoms with E-state index in [1.807, 2.05) is 18.2 Å². The molecular weight excluding hydrogens is 305 g/mol. The molecule has 0 fully saturated rings. The highest BCUT2D eigenvalue weighted by molar-refractivity contribution is 7.89. The van der Waals surface area contributed by atoms with Gasteiger partial charge in [0, 0.05) is 18.5 Å². The maximum Gasteiger partial charge on any atom is 0.215 e. The number of methoxy groups -OCH3 is 1. The first-order chi connectivity index (χ1) is 10.3. The molecule has 0 amide bonds. The minimum Gasteiger partial charge on any atom is -0.496 e. The van der Waals surface area contributed by atoms with Gasteiger partial charge in [-0.3, -0.25) is 4.39 Å². The molecule has 1 aromatic carbocycles. The Morgan fingerprint density at radius 3 is 2.73 bits per heavy atom. The zero-order chi connectivity index (χ0) is 16.4. The summed E-state index contributed by atoms with van der Waals surface area (Å²) in [5, 5.41) is 0. The van der Waals surface area contributed by atoms with Crippen molar-refractivity contribution >= 4 is 10.0 Å². The lowest BCUT2D eigenvalue weighted by Crippen LogP contribution is -2.38. The van der Waals surface area contributed by atoms with E-state index in [0.29, 0.717) is 13.1 Å². The lowest BCUT2D eigenvalue weighted by atomic mass is 9.99. The molecule has 0 saturated carbocycles. The number of alkyl halides is 1. The summed E-state index contributed by atoms with van der Waals surface area (Å²) in [6.45, 7) is 3.42. The van der Waals surface area contributed by atoms with E-state index in [4.69, 9.17) is 4.74 Å². The van der Waals surface area contributed by atoms with Gasteiger partial charge in [-0.1, -0.05) is 26.0 Å². The van der Waals surface area contributed by atoms with Gasteiger partial charge in [-0.25, -0.2) is 8.42 Å². The summed E-state index contributed by atoms with van der Waals surface area (Å²) in [7, 11) is -1.86. The van der Waals surface area contributed by atoms with E-state index < -0.39 is 22.1 Å². The van der Waals surface area contributed by atoms with Crippen LogP contribution in [-0.4, -0.2) is 38.8 Å². The number of ether oxygens (including phenoxy) is 1. The van der Waals surface area contributed by atoms with Crippen molar-refractivity contribution in [3.63, 3.8) is 0 Å². The Morgan fingerprint density at radius 2 is 2.09 bits per heavy atom. The van der Waals surface area contributed by atoms with Crippen LogP contribution in [0.25, 0.3) is 0 Å². The van der Waals surface area contributed by atoms with E-state index in [2.05, 4.69) is 0 Å². The van der Waals surface area contributed by atoms with Gasteiger partial charge < -0.3 is 4.74 Å². The first-order valence-electron chi connectivity index (χ1n) is 7.47. The molecule has 124 valence electrons. The molecule has 0 saturated heterocycles. The molecule has 0 aliphatic carbocycles. The fourth-order valence-electron chi connectivity index (χ4n) is 2.80. The smallest absolute Gasteiger partial charge is 0.215 e. The third kappa shape index (κ3) is 3.79. The molecule has 0 N–H and O–H groups in total. The van der Waals surface area contributed by atoms with Crippen LogP contribution in [0.15, 0.2) is 18.2 Å². The number of hydrogen-bond acceptors (Lipinski definition) is 3. The predicted molar refractivity (Wildman–Crippen MR) is 85.3 cm³/mol. The Hall–Kier alpha value is -1.14. The molecule has 1 aromatic rings. The van der Waals surface area contributed by atoms with Crippen LogP contribution in [0.1, 0.15) is 31.4 Å². The summed E-state index contributed by atoms with van der Waals surface area (Å²) in [5.74, 6) is 0.635. The zero-order valence-electron chi connectivity index (χ0n) is 13.4. The maximum atomic E-state index is 13.0. The molecular formula is C16H24FNO3S. The van der Waals surface area contributed by atoms with Crippen LogP contribution in [0.2, 0.25) is 0 Å². The van der Waals surface area contributed by atoms with Gasteiger partial charge in [0.1, 0.15) is 5.75 Å². The second-order valence-corrected chi connectivity index (χ2v) is 8.56. The Labute approximate surface area is 132 Å². The second-order valence-electron chi connectivity index (χ2n) is 6.59. The fourth-order valence-corrected chi connectivity index (χ4v) is 4.79. The van der Waals surface area contributed by atoms with Crippen molar-refractivity contribution in [3.05, 3.63) is 29.3 Å². The lowest BCUT2D eigenvalue weighted by Gasteiger charge is -2.26. The molecule has 0 radical (unpaired) electrons. The highest BCUT2D eigenvalue weighted by Gasteiger charge is 2.32. The third-order valence-corrected chi connectivity index (χ3v) is 6.20. The minimum absolute atomic E-state index is 0.171. The van der Waals surface area contributed by atoms with E-state index in [0.717, 1.165) is 29.7 Å². The van der Waals surface area contributed by atoms with Gasteiger partial charge in [0.15, 0.2) is 0 Å². The first-order valence-corrected chi connectivity index (χ1v) is 9.08. The number of fused-ring (bicyclic) bond motifs is 1. The molecule has 6 heteroatoms. The quantitative estimate of drug-likeness (QED) is 0.834. The van der Waals surface area contributed by atoms with E-state index in [1.54, 1.807) is 21.0 Å². The third-order valence-electron chi connectivity index (χ3n) is 3.96. The van der Waals surface area contributed by atoms with Crippen molar-refractivity contribution in [2.24, 2.45) is 5.41 Å². The van der Waals surface area contributed by atoms with E-state index in [9.17, 15) is 12.8 Å². The molecule has 1 heterocycles. The van der Waals surface area contributed by atoms with Gasteiger partial charge in [-0.2, -0.15) is 4.31 Å². The van der Waals surface area contributed by atoms with Crippen LogP contribution < -0.4 is 4.74 Å². The second kappa shape index (κ2) is 6.54. The van der Waals surface area contributed by atoms with Gasteiger partial charge in [0.25, 0.3) is 0 Å². The Bertz CT molecular complexity index is 628. The molecule has 0 aromatic heterocycles. The molecule has 1 aliphatic heterocycles. The summed E-state index contributed by atoms with van der Waals surface area (Å²) < 4.78 is 45.0. The largest absolute Gasteiger partial charge is 0.496 e. The first kappa shape index (κ1) is 17.2. The standard InChI is InChI=1S/C16H24FNO3S/c1-16(2,11-17)12-22(19,20)18-9-5-7-14-13(10-18)6-4-8-15(14)21-3/h4,6,8H,5,7,9-12H2,1-3H3. The maximum absolute atomic E-state index is 13.0. The molecule has 0 unspecified atom stereocenters. The number of nitrogens with zero attached hydrogens (tertiary/aromatic N) is 1. The van der Waals surface area contributed by atoms with Crippen molar-refractivity contribution in [3.8, 4) is 5.75 Å². The Balaban J connectivity index is 2.27. The van der Waals surface area contributed by atoms with Crippen LogP contribution in [0.4, 0.5) is 4.39 Å². The fraction of sp³-hybridized carbons (Fsp3) is 0.625. The zero-order valence-corrected chi connectivity index (χ0v) is 14.2. The molecule has 22 heavy (non-hydrogen) atoms. The van der Waals surface area contributed by atoms with Crippen molar-refractivity contribution in [2.45, 2.75) is 33.2 Å². The summed E-state index contributed by atoms with van der Waals surface area (Å²) >= 11 is 0. The normalized spacial score (nSPS) is 16.9. The van der Waals surface area contributed by atoms with Crippen molar-refractivity contribution in [1.82, 2.24) is 4.31 Å². The molecule has 0 atom stereocenters. The van der Waals surface area contributed by atoms with Gasteiger partial charge >= 0.3 is 0 Å². The average molecular weight is 329 g/mol. The average Bonchev–Trinajstić information content (AvgIpc) is 2.68. The summed E-state index contributed by atoms with van der Waals surface area (Å²) in [5.41, 5.74) is 1.19. The van der Waals surface area contributed by atoms with Crippen LogP contribution in [0.5, 0.6) is 5.75 Å². The van der Waals surface area contributed by atoms with E-state index in [-0.39, 0.29) is 5.75 Å². The summed E-state index contributed by atoms with van der Waals surface area (Å²) in [6.07, 6.45) is 1.53. The van der Waals surface area contributed by atoms with Gasteiger partial charge in [-0.05, 0) is 30.0 Å². The van der Waals surface area contributed by atoms with Gasteiger partial charge in [0.2, 0.25) is 10.0 Å². The van der Waals surface area contributed by atoms with E-state index >= 15 is 0 Å². The number of halogens is 1. The lowest BCUT2D eigenvalue weighted by molar-refractivity contribution is 0.280. The van der Waals surface area contributed by atoms with Crippen LogP contribution in [0, 0.1) is 5.41 Å². The minimum atomic E-state index is -3.49. The SMILES string of the molecule is COc1cccc2c1CCCN(S(=O)(=O)CC(C)(C)CF)C2. The summed E-state index contributed by atoms with van der Waals surface area (Å²) in [4.78, 5) is 0. The van der Waals surface area contributed by atoms with Gasteiger partial charge in [0.05, 0.1) is 19.5 Å². The molecule has 0 bridgehead atoms. The molecule has 0 spiro atoms. The van der Waals surface area contributed by atoms with Crippen molar-refractivity contribution < 1.29 is 17.5 Å². The Morgan fingerprint density at radius 1 is 1.36 bits per heavy atom. The topological polar surface area (TPSA) is 46.6 Å². The molecule has 1 aliphatic rings. The van der Waals surface area contributed by atoms with Crippen molar-refractivity contribution in [2.75, 3.05) is 26.1 Å². The van der Waals surface area contributed by atoms with Crippen LogP contribution in [-0.2, 0) is 23.0 Å². The number of hydrogen-bond donors (Lipinski definition) is 0. The highest BCUT2D eigenvalue weighted by atomic mass is 32.2. The Kier molecular flexibility index (Phi) is 5.12. The van der Waals surface area contributed by atoms with Crippen molar-refractivity contribution in [1.29, 1.82) is 0 Å². The highest BCUT2D eigenvalue weighted by Crippen LogP contribution is 2.30. The molecule has 4 nitrogen and oxygen atoms in total. The monoisotopic (exact) mass is 329 g/mol. The molecule has 2 rings (SSSR count). The number of sulfonamides is 1. The van der Waals surface area contributed by atoms with E-state index in [1.165, 1.54) is 4.31 Å². The predicted octanol–water partition coefficient (Wildman–Crippen LogP) is 2.77.